The van der Waals surface area contributed by atoms with Crippen LogP contribution in [0.3, 0.4) is 0 Å². The molecule has 1 aromatic heterocycles. The highest BCUT2D eigenvalue weighted by atomic mass is 35.5. The number of sulfonamides is 1. The lowest BCUT2D eigenvalue weighted by Gasteiger charge is -2.25. The van der Waals surface area contributed by atoms with Gasteiger partial charge < -0.3 is 5.32 Å². The Morgan fingerprint density at radius 1 is 1.19 bits per heavy atom. The molecule has 1 aromatic carbocycles. The topological polar surface area (TPSA) is 84.3 Å². The van der Waals surface area contributed by atoms with Crippen molar-refractivity contribution in [3.05, 3.63) is 41.0 Å². The van der Waals surface area contributed by atoms with Crippen molar-refractivity contribution in [3.8, 4) is 0 Å². The van der Waals surface area contributed by atoms with Crippen LogP contribution >= 0.6 is 11.6 Å². The number of aryl methyl sites for hydroxylation is 1. The van der Waals surface area contributed by atoms with Crippen molar-refractivity contribution in [2.24, 2.45) is 0 Å². The van der Waals surface area contributed by atoms with Gasteiger partial charge in [0.05, 0.1) is 5.56 Å². The number of aromatic nitrogens is 2. The van der Waals surface area contributed by atoms with Gasteiger partial charge in [-0.15, -0.1) is 0 Å². The minimum Gasteiger partial charge on any atom is -0.322 e. The van der Waals surface area contributed by atoms with Gasteiger partial charge in [0, 0.05) is 36.5 Å². The largest absolute Gasteiger partial charge is 0.322 e. The third-order valence-corrected chi connectivity index (χ3v) is 6.38. The number of rotatable bonds is 5. The molecule has 0 saturated carbocycles. The quantitative estimate of drug-likeness (QED) is 0.841. The Bertz CT molecular complexity index is 887. The molecule has 1 N–H and O–H groups in total. The summed E-state index contributed by atoms with van der Waals surface area (Å²) < 4.78 is 28.9. The summed E-state index contributed by atoms with van der Waals surface area (Å²) in [6.45, 7) is 3.22. The molecule has 3 rings (SSSR count). The van der Waals surface area contributed by atoms with Crippen LogP contribution in [0.25, 0.3) is 0 Å². The number of halogens is 1. The summed E-state index contributed by atoms with van der Waals surface area (Å²) in [6.07, 6.45) is 4.13. The first-order valence-electron chi connectivity index (χ1n) is 8.56. The zero-order valence-electron chi connectivity index (χ0n) is 14.5. The lowest BCUT2D eigenvalue weighted by Crippen LogP contribution is -2.36. The molecular formula is C17H21ClN4O3S. The lowest BCUT2D eigenvalue weighted by molar-refractivity contribution is 0.102. The Morgan fingerprint density at radius 2 is 1.85 bits per heavy atom. The van der Waals surface area contributed by atoms with Gasteiger partial charge in [-0.3, -0.25) is 9.48 Å². The van der Waals surface area contributed by atoms with Gasteiger partial charge in [0.15, 0.2) is 0 Å². The number of carbonyl (C=O) groups is 1. The predicted octanol–water partition coefficient (Wildman–Crippen LogP) is 2.98. The van der Waals surface area contributed by atoms with E-state index in [1.54, 1.807) is 24.3 Å². The molecule has 2 heterocycles. The summed E-state index contributed by atoms with van der Waals surface area (Å²) in [6, 6.07) is 6.61. The summed E-state index contributed by atoms with van der Waals surface area (Å²) in [5.41, 5.74) is 0.581. The molecule has 1 aliphatic rings. The van der Waals surface area contributed by atoms with Crippen molar-refractivity contribution in [2.75, 3.05) is 18.4 Å². The minimum atomic E-state index is -3.81. The van der Waals surface area contributed by atoms with Crippen molar-refractivity contribution in [1.82, 2.24) is 14.1 Å². The number of piperidine rings is 1. The standard InChI is InChI=1S/C17H21ClN4O3S/c1-2-21-12-15(16(23)19-14-8-6-13(18)7-9-14)17(20-21)26(24,25)22-10-4-3-5-11-22/h6-9,12H,2-5,10-11H2,1H3,(H,19,23). The third kappa shape index (κ3) is 3.92. The molecular weight excluding hydrogens is 376 g/mol. The van der Waals surface area contributed by atoms with Gasteiger partial charge in [-0.25, -0.2) is 8.42 Å². The van der Waals surface area contributed by atoms with Crippen LogP contribution in [0.4, 0.5) is 5.69 Å². The molecule has 1 amide bonds. The van der Waals surface area contributed by atoms with E-state index in [4.69, 9.17) is 11.6 Å². The van der Waals surface area contributed by atoms with Crippen molar-refractivity contribution >= 4 is 33.2 Å². The van der Waals surface area contributed by atoms with Gasteiger partial charge in [0.25, 0.3) is 15.9 Å². The first-order valence-corrected chi connectivity index (χ1v) is 10.4. The highest BCUT2D eigenvalue weighted by Crippen LogP contribution is 2.23. The summed E-state index contributed by atoms with van der Waals surface area (Å²) in [4.78, 5) is 12.7. The zero-order valence-corrected chi connectivity index (χ0v) is 16.1. The molecule has 0 atom stereocenters. The maximum Gasteiger partial charge on any atom is 0.263 e. The normalized spacial score (nSPS) is 15.8. The van der Waals surface area contributed by atoms with Crippen molar-refractivity contribution in [3.63, 3.8) is 0 Å². The van der Waals surface area contributed by atoms with Crippen LogP contribution in [0.15, 0.2) is 35.5 Å². The number of nitrogens with one attached hydrogen (secondary N) is 1. The van der Waals surface area contributed by atoms with Gasteiger partial charge in [-0.2, -0.15) is 9.40 Å². The van der Waals surface area contributed by atoms with E-state index >= 15 is 0 Å². The van der Waals surface area contributed by atoms with E-state index in [2.05, 4.69) is 10.4 Å². The summed E-state index contributed by atoms with van der Waals surface area (Å²) >= 11 is 5.85. The number of nitrogens with zero attached hydrogens (tertiary/aromatic N) is 3. The van der Waals surface area contributed by atoms with Crippen LogP contribution in [-0.4, -0.2) is 41.5 Å². The molecule has 1 saturated heterocycles. The van der Waals surface area contributed by atoms with Crippen molar-refractivity contribution < 1.29 is 13.2 Å². The molecule has 0 bridgehead atoms. The molecule has 7 nitrogen and oxygen atoms in total. The SMILES string of the molecule is CCn1cc(C(=O)Nc2ccc(Cl)cc2)c(S(=O)(=O)N2CCCCC2)n1. The average molecular weight is 397 g/mol. The third-order valence-electron chi connectivity index (χ3n) is 4.30. The zero-order chi connectivity index (χ0) is 18.7. The average Bonchev–Trinajstić information content (AvgIpc) is 3.10. The van der Waals surface area contributed by atoms with E-state index in [9.17, 15) is 13.2 Å². The van der Waals surface area contributed by atoms with Gasteiger partial charge in [0.1, 0.15) is 0 Å². The fourth-order valence-electron chi connectivity index (χ4n) is 2.87. The van der Waals surface area contributed by atoms with Crippen molar-refractivity contribution in [2.45, 2.75) is 37.8 Å². The van der Waals surface area contributed by atoms with Gasteiger partial charge in [0.2, 0.25) is 5.03 Å². The molecule has 2 aromatic rings. The second-order valence-electron chi connectivity index (χ2n) is 6.13. The van der Waals surface area contributed by atoms with Crippen LogP contribution in [-0.2, 0) is 16.6 Å². The van der Waals surface area contributed by atoms with Crippen LogP contribution < -0.4 is 5.32 Å². The minimum absolute atomic E-state index is 0.0485. The number of amides is 1. The monoisotopic (exact) mass is 396 g/mol. The fraction of sp³-hybridized carbons (Fsp3) is 0.412. The van der Waals surface area contributed by atoms with Crippen LogP contribution in [0.5, 0.6) is 0 Å². The molecule has 0 spiro atoms. The molecule has 1 fully saturated rings. The Balaban J connectivity index is 1.92. The number of carbonyl (C=O) groups excluding carboxylic acids is 1. The predicted molar refractivity (Wildman–Crippen MR) is 99.9 cm³/mol. The summed E-state index contributed by atoms with van der Waals surface area (Å²) in [7, 11) is -3.81. The van der Waals surface area contributed by atoms with Gasteiger partial charge >= 0.3 is 0 Å². The summed E-state index contributed by atoms with van der Waals surface area (Å²) in [5, 5.41) is 7.23. The van der Waals surface area contributed by atoms with Crippen molar-refractivity contribution in [1.29, 1.82) is 0 Å². The van der Waals surface area contributed by atoms with E-state index in [0.29, 0.717) is 30.3 Å². The van der Waals surface area contributed by atoms with Gasteiger partial charge in [-0.05, 0) is 44.0 Å². The molecule has 140 valence electrons. The van der Waals surface area contributed by atoms with Crippen LogP contribution in [0.1, 0.15) is 36.5 Å². The molecule has 9 heteroatoms. The Morgan fingerprint density at radius 3 is 2.46 bits per heavy atom. The molecule has 0 unspecified atom stereocenters. The molecule has 26 heavy (non-hydrogen) atoms. The second kappa shape index (κ2) is 7.77. The fourth-order valence-corrected chi connectivity index (χ4v) is 4.61. The van der Waals surface area contributed by atoms with E-state index in [-0.39, 0.29) is 10.6 Å². The highest BCUT2D eigenvalue weighted by molar-refractivity contribution is 7.89. The first-order chi connectivity index (χ1) is 12.4. The first kappa shape index (κ1) is 18.9. The molecule has 0 aliphatic carbocycles. The second-order valence-corrected chi connectivity index (χ2v) is 8.42. The van der Waals surface area contributed by atoms with E-state index in [0.717, 1.165) is 19.3 Å². The lowest BCUT2D eigenvalue weighted by atomic mass is 10.2. The Kier molecular flexibility index (Phi) is 5.64. The van der Waals surface area contributed by atoms with E-state index < -0.39 is 15.9 Å². The van der Waals surface area contributed by atoms with Gasteiger partial charge in [-0.1, -0.05) is 18.0 Å². The Labute approximate surface area is 158 Å². The van der Waals surface area contributed by atoms with Crippen LogP contribution in [0, 0.1) is 0 Å². The van der Waals surface area contributed by atoms with E-state index in [1.807, 2.05) is 6.92 Å². The smallest absolute Gasteiger partial charge is 0.263 e. The van der Waals surface area contributed by atoms with E-state index in [1.165, 1.54) is 15.2 Å². The molecule has 1 aliphatic heterocycles. The number of benzene rings is 1. The highest BCUT2D eigenvalue weighted by Gasteiger charge is 2.33. The summed E-state index contributed by atoms with van der Waals surface area (Å²) in [5.74, 6) is -0.511. The number of anilines is 1. The molecule has 0 radical (unpaired) electrons. The number of hydrogen-bond donors (Lipinski definition) is 1. The Hall–Kier alpha value is -1.90. The maximum atomic E-state index is 13.0. The van der Waals surface area contributed by atoms with Crippen LogP contribution in [0.2, 0.25) is 5.02 Å². The maximum absolute atomic E-state index is 13.0. The number of hydrogen-bond acceptors (Lipinski definition) is 4.